The molecule has 0 saturated heterocycles. The first-order valence-corrected chi connectivity index (χ1v) is 6.01. The van der Waals surface area contributed by atoms with Crippen molar-refractivity contribution in [1.29, 1.82) is 0 Å². The van der Waals surface area contributed by atoms with E-state index in [0.29, 0.717) is 11.7 Å². The number of nitrogens with zero attached hydrogens (tertiary/aromatic N) is 1. The Hall–Kier alpha value is -1.55. The van der Waals surface area contributed by atoms with Crippen molar-refractivity contribution >= 4 is 16.5 Å². The number of hydrogen-bond acceptors (Lipinski definition) is 4. The van der Waals surface area contributed by atoms with Gasteiger partial charge in [-0.25, -0.2) is 4.98 Å². The number of thiazole rings is 1. The number of hydrogen-bond donors (Lipinski definition) is 1. The summed E-state index contributed by atoms with van der Waals surface area (Å²) in [5.74, 6) is 0.912. The highest BCUT2D eigenvalue weighted by Gasteiger charge is 2.01. The lowest BCUT2D eigenvalue weighted by Crippen LogP contribution is -1.91. The summed E-state index contributed by atoms with van der Waals surface area (Å²) >= 11 is 1.53. The van der Waals surface area contributed by atoms with E-state index in [1.165, 1.54) is 21.8 Å². The van der Waals surface area contributed by atoms with Crippen molar-refractivity contribution in [3.63, 3.8) is 0 Å². The molecule has 0 aliphatic rings. The fourth-order valence-electron chi connectivity index (χ4n) is 1.48. The van der Waals surface area contributed by atoms with Crippen LogP contribution < -0.4 is 10.5 Å². The molecule has 0 spiro atoms. The Balaban J connectivity index is 2.05. The fraction of sp³-hybridized carbons (Fsp3) is 0.250. The third kappa shape index (κ3) is 2.73. The molecule has 0 bridgehead atoms. The van der Waals surface area contributed by atoms with E-state index in [9.17, 15) is 0 Å². The molecule has 0 saturated carbocycles. The maximum absolute atomic E-state index is 5.58. The molecule has 4 heteroatoms. The molecule has 0 aliphatic carbocycles. The summed E-state index contributed by atoms with van der Waals surface area (Å²) in [6.07, 6.45) is 2.71. The number of benzene rings is 1. The van der Waals surface area contributed by atoms with Gasteiger partial charge in [0.1, 0.15) is 5.75 Å². The van der Waals surface area contributed by atoms with Crippen LogP contribution in [0.5, 0.6) is 5.75 Å². The fourth-order valence-corrected chi connectivity index (χ4v) is 2.19. The highest BCUT2D eigenvalue weighted by atomic mass is 32.1. The summed E-state index contributed by atoms with van der Waals surface area (Å²) in [7, 11) is 0. The van der Waals surface area contributed by atoms with Gasteiger partial charge in [0.2, 0.25) is 0 Å². The second kappa shape index (κ2) is 4.99. The zero-order valence-corrected chi connectivity index (χ0v) is 9.96. The molecular weight excluding hydrogens is 220 g/mol. The molecule has 2 rings (SSSR count). The van der Waals surface area contributed by atoms with E-state index in [1.54, 1.807) is 0 Å². The summed E-state index contributed by atoms with van der Waals surface area (Å²) in [5, 5.41) is 0.626. The first-order chi connectivity index (χ1) is 7.78. The van der Waals surface area contributed by atoms with Crippen molar-refractivity contribution in [3.8, 4) is 5.75 Å². The summed E-state index contributed by atoms with van der Waals surface area (Å²) < 4.78 is 5.39. The van der Waals surface area contributed by atoms with E-state index in [2.05, 4.69) is 17.1 Å². The number of nitrogens with two attached hydrogens (primary N) is 1. The first kappa shape index (κ1) is 11.0. The second-order valence-corrected chi connectivity index (χ2v) is 4.57. The van der Waals surface area contributed by atoms with E-state index in [0.717, 1.165) is 12.2 Å². The van der Waals surface area contributed by atoms with Crippen LogP contribution in [0.2, 0.25) is 0 Å². The molecule has 16 heavy (non-hydrogen) atoms. The molecular formula is C12H14N2OS. The van der Waals surface area contributed by atoms with Gasteiger partial charge in [0.15, 0.2) is 5.13 Å². The van der Waals surface area contributed by atoms with Gasteiger partial charge in [-0.3, -0.25) is 0 Å². The Bertz CT molecular complexity index is 450. The SMILES string of the molecule is CCOc1ccc(Cc2cnc(N)s2)cc1. The van der Waals surface area contributed by atoms with E-state index in [-0.39, 0.29) is 0 Å². The van der Waals surface area contributed by atoms with Crippen LogP contribution >= 0.6 is 11.3 Å². The number of nitrogen functional groups attached to an aromatic ring is 1. The summed E-state index contributed by atoms with van der Waals surface area (Å²) in [6, 6.07) is 8.12. The smallest absolute Gasteiger partial charge is 0.180 e. The molecule has 0 aliphatic heterocycles. The predicted molar refractivity (Wildman–Crippen MR) is 66.9 cm³/mol. The van der Waals surface area contributed by atoms with Crippen LogP contribution in [-0.2, 0) is 6.42 Å². The zero-order chi connectivity index (χ0) is 11.4. The van der Waals surface area contributed by atoms with Crippen LogP contribution in [0.4, 0.5) is 5.13 Å². The van der Waals surface area contributed by atoms with E-state index in [4.69, 9.17) is 10.5 Å². The van der Waals surface area contributed by atoms with Gasteiger partial charge in [-0.1, -0.05) is 12.1 Å². The topological polar surface area (TPSA) is 48.1 Å². The lowest BCUT2D eigenvalue weighted by atomic mass is 10.1. The normalized spacial score (nSPS) is 10.3. The molecule has 84 valence electrons. The second-order valence-electron chi connectivity index (χ2n) is 3.42. The lowest BCUT2D eigenvalue weighted by molar-refractivity contribution is 0.340. The van der Waals surface area contributed by atoms with E-state index >= 15 is 0 Å². The van der Waals surface area contributed by atoms with Crippen molar-refractivity contribution in [2.24, 2.45) is 0 Å². The molecule has 0 atom stereocenters. The van der Waals surface area contributed by atoms with Gasteiger partial charge in [0.25, 0.3) is 0 Å². The Morgan fingerprint density at radius 2 is 2.06 bits per heavy atom. The van der Waals surface area contributed by atoms with Gasteiger partial charge >= 0.3 is 0 Å². The minimum absolute atomic E-state index is 0.626. The van der Waals surface area contributed by atoms with Crippen molar-refractivity contribution in [3.05, 3.63) is 40.9 Å². The molecule has 0 unspecified atom stereocenters. The van der Waals surface area contributed by atoms with Crippen molar-refractivity contribution < 1.29 is 4.74 Å². The Labute approximate surface area is 98.9 Å². The standard InChI is InChI=1S/C12H14N2OS/c1-2-15-10-5-3-9(4-6-10)7-11-8-14-12(13)16-11/h3-6,8H,2,7H2,1H3,(H2,13,14). The molecule has 0 radical (unpaired) electrons. The quantitative estimate of drug-likeness (QED) is 0.884. The molecule has 0 fully saturated rings. The van der Waals surface area contributed by atoms with Crippen LogP contribution in [-0.4, -0.2) is 11.6 Å². The molecule has 0 amide bonds. The molecule has 3 nitrogen and oxygen atoms in total. The average Bonchev–Trinajstić information content (AvgIpc) is 2.67. The number of rotatable bonds is 4. The van der Waals surface area contributed by atoms with Gasteiger partial charge in [0, 0.05) is 17.5 Å². The predicted octanol–water partition coefficient (Wildman–Crippen LogP) is 2.71. The zero-order valence-electron chi connectivity index (χ0n) is 9.14. The highest BCUT2D eigenvalue weighted by Crippen LogP contribution is 2.20. The minimum atomic E-state index is 0.626. The highest BCUT2D eigenvalue weighted by molar-refractivity contribution is 7.15. The minimum Gasteiger partial charge on any atom is -0.494 e. The molecule has 1 heterocycles. The Morgan fingerprint density at radius 1 is 1.31 bits per heavy atom. The number of aromatic nitrogens is 1. The average molecular weight is 234 g/mol. The first-order valence-electron chi connectivity index (χ1n) is 5.20. The molecule has 2 N–H and O–H groups in total. The monoisotopic (exact) mass is 234 g/mol. The third-order valence-corrected chi connectivity index (χ3v) is 3.01. The molecule has 1 aromatic carbocycles. The van der Waals surface area contributed by atoms with Crippen molar-refractivity contribution in [1.82, 2.24) is 4.98 Å². The van der Waals surface area contributed by atoms with Gasteiger partial charge in [0.05, 0.1) is 6.61 Å². The summed E-state index contributed by atoms with van der Waals surface area (Å²) in [6.45, 7) is 2.68. The van der Waals surface area contributed by atoms with Crippen LogP contribution in [0.15, 0.2) is 30.5 Å². The van der Waals surface area contributed by atoms with Crippen molar-refractivity contribution in [2.45, 2.75) is 13.3 Å². The number of anilines is 1. The van der Waals surface area contributed by atoms with Crippen LogP contribution in [0.3, 0.4) is 0 Å². The summed E-state index contributed by atoms with van der Waals surface area (Å²) in [4.78, 5) is 5.21. The van der Waals surface area contributed by atoms with Gasteiger partial charge < -0.3 is 10.5 Å². The van der Waals surface area contributed by atoms with Crippen LogP contribution in [0.1, 0.15) is 17.4 Å². The van der Waals surface area contributed by atoms with Crippen LogP contribution in [0.25, 0.3) is 0 Å². The van der Waals surface area contributed by atoms with Gasteiger partial charge in [-0.05, 0) is 24.6 Å². The van der Waals surface area contributed by atoms with E-state index in [1.807, 2.05) is 25.3 Å². The third-order valence-electron chi connectivity index (χ3n) is 2.18. The molecule has 1 aromatic heterocycles. The number of ether oxygens (including phenoxy) is 1. The molecule has 2 aromatic rings. The largest absolute Gasteiger partial charge is 0.494 e. The Kier molecular flexibility index (Phi) is 3.41. The maximum atomic E-state index is 5.58. The maximum Gasteiger partial charge on any atom is 0.180 e. The van der Waals surface area contributed by atoms with Crippen molar-refractivity contribution in [2.75, 3.05) is 12.3 Å². The van der Waals surface area contributed by atoms with Gasteiger partial charge in [-0.15, -0.1) is 11.3 Å². The Morgan fingerprint density at radius 3 is 2.62 bits per heavy atom. The van der Waals surface area contributed by atoms with E-state index < -0.39 is 0 Å². The lowest BCUT2D eigenvalue weighted by Gasteiger charge is -2.03. The van der Waals surface area contributed by atoms with Gasteiger partial charge in [-0.2, -0.15) is 0 Å². The van der Waals surface area contributed by atoms with Crippen LogP contribution in [0, 0.1) is 0 Å². The summed E-state index contributed by atoms with van der Waals surface area (Å²) in [5.41, 5.74) is 6.83.